The Hall–Kier alpha value is -4.46. The number of hydrogen-bond acceptors (Lipinski definition) is 6. The van der Waals surface area contributed by atoms with Gasteiger partial charge in [0.15, 0.2) is 5.76 Å². The highest BCUT2D eigenvalue weighted by Gasteiger charge is 2.14. The van der Waals surface area contributed by atoms with Gasteiger partial charge in [0.2, 0.25) is 0 Å². The Kier molecular flexibility index (Phi) is 6.98. The zero-order valence-electron chi connectivity index (χ0n) is 18.7. The van der Waals surface area contributed by atoms with Gasteiger partial charge in [-0.25, -0.2) is 0 Å². The lowest BCUT2D eigenvalue weighted by Crippen LogP contribution is -2.25. The average Bonchev–Trinajstić information content (AvgIpc) is 3.30. The summed E-state index contributed by atoms with van der Waals surface area (Å²) in [6, 6.07) is 21.0. The second-order valence-electron chi connectivity index (χ2n) is 7.51. The normalized spacial score (nSPS) is 10.6. The number of anilines is 2. The van der Waals surface area contributed by atoms with Gasteiger partial charge in [0, 0.05) is 18.2 Å². The first kappa shape index (κ1) is 22.7. The molecule has 1 aromatic heterocycles. The fraction of sp³-hybridized carbons (Fsp3) is 0.154. The molecular weight excluding hydrogens is 434 g/mol. The first-order valence-corrected chi connectivity index (χ1v) is 10.8. The minimum absolute atomic E-state index is 0.228. The fourth-order valence-electron chi connectivity index (χ4n) is 3.38. The number of carbonyl (C=O) groups is 2. The fourth-order valence-corrected chi connectivity index (χ4v) is 3.38. The van der Waals surface area contributed by atoms with E-state index < -0.39 is 0 Å². The van der Waals surface area contributed by atoms with Crippen molar-refractivity contribution in [3.63, 3.8) is 0 Å². The van der Waals surface area contributed by atoms with Gasteiger partial charge in [-0.1, -0.05) is 18.2 Å². The third kappa shape index (κ3) is 5.29. The van der Waals surface area contributed by atoms with E-state index in [1.807, 2.05) is 12.1 Å². The molecule has 3 aromatic carbocycles. The lowest BCUT2D eigenvalue weighted by atomic mass is 10.2. The zero-order chi connectivity index (χ0) is 23.9. The molecule has 8 nitrogen and oxygen atoms in total. The van der Waals surface area contributed by atoms with Crippen molar-refractivity contribution in [2.75, 3.05) is 31.3 Å². The number of methoxy groups -OCH3 is 1. The van der Waals surface area contributed by atoms with E-state index in [2.05, 4.69) is 10.6 Å². The van der Waals surface area contributed by atoms with E-state index in [0.717, 1.165) is 5.39 Å². The molecule has 0 saturated heterocycles. The summed E-state index contributed by atoms with van der Waals surface area (Å²) in [6.45, 7) is 0.826. The summed E-state index contributed by atoms with van der Waals surface area (Å²) in [5, 5.41) is 6.36. The van der Waals surface area contributed by atoms with Crippen LogP contribution in [0.25, 0.3) is 11.0 Å². The van der Waals surface area contributed by atoms with Gasteiger partial charge in [-0.2, -0.15) is 0 Å². The Balaban J connectivity index is 1.21. The number of nitrogens with one attached hydrogen (secondary N) is 2. The van der Waals surface area contributed by atoms with Crippen molar-refractivity contribution in [3.8, 4) is 11.5 Å². The summed E-state index contributed by atoms with van der Waals surface area (Å²) < 4.78 is 16.6. The number of furan rings is 1. The lowest BCUT2D eigenvalue weighted by Gasteiger charge is -2.09. The van der Waals surface area contributed by atoms with Crippen molar-refractivity contribution in [3.05, 3.63) is 84.1 Å². The minimum atomic E-state index is -0.298. The van der Waals surface area contributed by atoms with Gasteiger partial charge in [0.25, 0.3) is 11.8 Å². The van der Waals surface area contributed by atoms with Crippen molar-refractivity contribution < 1.29 is 23.5 Å². The quantitative estimate of drug-likeness (QED) is 0.251. The van der Waals surface area contributed by atoms with E-state index >= 15 is 0 Å². The van der Waals surface area contributed by atoms with Crippen molar-refractivity contribution in [1.29, 1.82) is 0 Å². The van der Waals surface area contributed by atoms with Crippen molar-refractivity contribution in [2.45, 2.75) is 6.42 Å². The first-order chi connectivity index (χ1) is 16.5. The molecule has 1 heterocycles. The van der Waals surface area contributed by atoms with Crippen LogP contribution in [0.3, 0.4) is 0 Å². The molecule has 4 rings (SSSR count). The highest BCUT2D eigenvalue weighted by Crippen LogP contribution is 2.28. The average molecular weight is 460 g/mol. The van der Waals surface area contributed by atoms with E-state index in [9.17, 15) is 9.59 Å². The van der Waals surface area contributed by atoms with Crippen LogP contribution in [0.2, 0.25) is 0 Å². The highest BCUT2D eigenvalue weighted by molar-refractivity contribution is 6.05. The third-order valence-electron chi connectivity index (χ3n) is 5.17. The van der Waals surface area contributed by atoms with Gasteiger partial charge < -0.3 is 30.3 Å². The SMILES string of the molecule is COc1cccc2oc(C(=O)NCCCOc3ccc(C(=O)Nc4ccccc4N)cc3)cc12. The number of carbonyl (C=O) groups excluding carboxylic acids is 2. The molecule has 0 aliphatic rings. The number of hydrogen-bond donors (Lipinski definition) is 3. The standard InChI is InChI=1S/C26H25N3O5/c1-32-22-8-4-9-23-19(22)16-24(34-23)26(31)28-14-5-15-33-18-12-10-17(11-13-18)25(30)29-21-7-3-2-6-20(21)27/h2-4,6-13,16H,5,14-15,27H2,1H3,(H,28,31)(H,29,30). The van der Waals surface area contributed by atoms with E-state index in [1.54, 1.807) is 67.8 Å². The smallest absolute Gasteiger partial charge is 0.287 e. The number of nitrogens with two attached hydrogens (primary N) is 1. The number of nitrogen functional groups attached to an aromatic ring is 1. The van der Waals surface area contributed by atoms with Crippen LogP contribution in [-0.4, -0.2) is 32.1 Å². The maximum absolute atomic E-state index is 12.4. The number of rotatable bonds is 9. The van der Waals surface area contributed by atoms with Crippen LogP contribution in [0, 0.1) is 0 Å². The molecule has 0 fully saturated rings. The number of ether oxygens (including phenoxy) is 2. The van der Waals surface area contributed by atoms with Crippen LogP contribution in [0.5, 0.6) is 11.5 Å². The predicted octanol–water partition coefficient (Wildman–Crippen LogP) is 4.47. The largest absolute Gasteiger partial charge is 0.496 e. The second kappa shape index (κ2) is 10.4. The van der Waals surface area contributed by atoms with Crippen LogP contribution in [0.15, 0.2) is 77.2 Å². The molecule has 8 heteroatoms. The van der Waals surface area contributed by atoms with Gasteiger partial charge in [-0.15, -0.1) is 0 Å². The summed E-state index contributed by atoms with van der Waals surface area (Å²) in [5.74, 6) is 0.961. The van der Waals surface area contributed by atoms with Crippen molar-refractivity contribution in [1.82, 2.24) is 5.32 Å². The van der Waals surface area contributed by atoms with Gasteiger partial charge in [0.05, 0.1) is 30.5 Å². The summed E-state index contributed by atoms with van der Waals surface area (Å²) in [4.78, 5) is 24.8. The van der Waals surface area contributed by atoms with Crippen LogP contribution in [-0.2, 0) is 0 Å². The summed E-state index contributed by atoms with van der Waals surface area (Å²) in [7, 11) is 1.57. The molecule has 174 valence electrons. The Morgan fingerprint density at radius 1 is 0.971 bits per heavy atom. The first-order valence-electron chi connectivity index (χ1n) is 10.8. The van der Waals surface area contributed by atoms with E-state index in [1.165, 1.54) is 0 Å². The molecule has 0 bridgehead atoms. The molecule has 0 spiro atoms. The number of para-hydroxylation sites is 2. The van der Waals surface area contributed by atoms with Gasteiger partial charge in [-0.05, 0) is 55.0 Å². The van der Waals surface area contributed by atoms with Gasteiger partial charge >= 0.3 is 0 Å². The Labute approximate surface area is 196 Å². The molecule has 4 N–H and O–H groups in total. The molecule has 2 amide bonds. The molecule has 0 unspecified atom stereocenters. The topological polar surface area (TPSA) is 116 Å². The molecule has 0 radical (unpaired) electrons. The molecule has 0 aliphatic carbocycles. The Bertz CT molecular complexity index is 1300. The zero-order valence-corrected chi connectivity index (χ0v) is 18.7. The summed E-state index contributed by atoms with van der Waals surface area (Å²) >= 11 is 0. The third-order valence-corrected chi connectivity index (χ3v) is 5.17. The van der Waals surface area contributed by atoms with E-state index in [0.29, 0.717) is 53.6 Å². The van der Waals surface area contributed by atoms with Crippen molar-refractivity contribution in [2.24, 2.45) is 0 Å². The van der Waals surface area contributed by atoms with E-state index in [4.69, 9.17) is 19.6 Å². The molecule has 34 heavy (non-hydrogen) atoms. The second-order valence-corrected chi connectivity index (χ2v) is 7.51. The van der Waals surface area contributed by atoms with Gasteiger partial charge in [-0.3, -0.25) is 9.59 Å². The van der Waals surface area contributed by atoms with Crippen LogP contribution in [0.1, 0.15) is 27.3 Å². The monoisotopic (exact) mass is 459 g/mol. The lowest BCUT2D eigenvalue weighted by molar-refractivity contribution is 0.0925. The summed E-state index contributed by atoms with van der Waals surface area (Å²) in [6.07, 6.45) is 0.602. The number of fused-ring (bicyclic) bond motifs is 1. The van der Waals surface area contributed by atoms with Crippen molar-refractivity contribution >= 4 is 34.2 Å². The maximum Gasteiger partial charge on any atom is 0.287 e. The van der Waals surface area contributed by atoms with Crippen LogP contribution in [0.4, 0.5) is 11.4 Å². The molecule has 0 saturated carbocycles. The van der Waals surface area contributed by atoms with Crippen LogP contribution < -0.4 is 25.8 Å². The molecule has 4 aromatic rings. The number of benzene rings is 3. The van der Waals surface area contributed by atoms with E-state index in [-0.39, 0.29) is 17.6 Å². The summed E-state index contributed by atoms with van der Waals surface area (Å²) in [5.41, 5.74) is 8.02. The predicted molar refractivity (Wildman–Crippen MR) is 130 cm³/mol. The van der Waals surface area contributed by atoms with Crippen LogP contribution >= 0.6 is 0 Å². The number of amides is 2. The van der Waals surface area contributed by atoms with Gasteiger partial charge in [0.1, 0.15) is 17.1 Å². The minimum Gasteiger partial charge on any atom is -0.496 e. The molecule has 0 atom stereocenters. The Morgan fingerprint density at radius 3 is 2.53 bits per heavy atom. The molecule has 0 aliphatic heterocycles. The highest BCUT2D eigenvalue weighted by atomic mass is 16.5. The molecular formula is C26H25N3O5. The maximum atomic E-state index is 12.4. The Morgan fingerprint density at radius 2 is 1.76 bits per heavy atom.